The minimum absolute atomic E-state index is 0.0988. The van der Waals surface area contributed by atoms with Crippen molar-refractivity contribution in [1.82, 2.24) is 5.32 Å². The summed E-state index contributed by atoms with van der Waals surface area (Å²) in [6, 6.07) is 9.50. The Bertz CT molecular complexity index is 597. The summed E-state index contributed by atoms with van der Waals surface area (Å²) in [5.41, 5.74) is 1.06. The van der Waals surface area contributed by atoms with E-state index in [2.05, 4.69) is 37.2 Å². The molecular formula is C15H13Br2F2N. The van der Waals surface area contributed by atoms with Gasteiger partial charge < -0.3 is 5.32 Å². The van der Waals surface area contributed by atoms with E-state index in [-0.39, 0.29) is 18.0 Å². The standard InChI is InChI=1S/C15H13Br2F2N/c1-20-15(10-6-5-9(16)7-12(10)17)8-11-13(18)3-2-4-14(11)19/h2-7,15,20H,8H2,1H3. The molecule has 2 aromatic rings. The van der Waals surface area contributed by atoms with Crippen molar-refractivity contribution >= 4 is 31.9 Å². The minimum atomic E-state index is -0.515. The van der Waals surface area contributed by atoms with Gasteiger partial charge in [-0.25, -0.2) is 8.78 Å². The van der Waals surface area contributed by atoms with Crippen LogP contribution in [0.25, 0.3) is 0 Å². The van der Waals surface area contributed by atoms with Crippen molar-refractivity contribution in [3.05, 3.63) is 68.1 Å². The number of hydrogen-bond donors (Lipinski definition) is 1. The highest BCUT2D eigenvalue weighted by Crippen LogP contribution is 2.29. The molecule has 0 saturated heterocycles. The first-order chi connectivity index (χ1) is 9.52. The molecule has 0 aliphatic rings. The van der Waals surface area contributed by atoms with Gasteiger partial charge in [-0.3, -0.25) is 0 Å². The summed E-state index contributed by atoms with van der Waals surface area (Å²) >= 11 is 6.87. The third-order valence-electron chi connectivity index (χ3n) is 3.16. The lowest BCUT2D eigenvalue weighted by Gasteiger charge is -2.19. The van der Waals surface area contributed by atoms with E-state index < -0.39 is 11.6 Å². The van der Waals surface area contributed by atoms with E-state index in [1.165, 1.54) is 18.2 Å². The molecule has 0 aromatic heterocycles. The summed E-state index contributed by atoms with van der Waals surface area (Å²) in [4.78, 5) is 0. The Morgan fingerprint density at radius 3 is 2.30 bits per heavy atom. The number of halogens is 4. The zero-order chi connectivity index (χ0) is 14.7. The van der Waals surface area contributed by atoms with Crippen molar-refractivity contribution in [1.29, 1.82) is 0 Å². The summed E-state index contributed by atoms with van der Waals surface area (Å²) in [6.07, 6.45) is 0.245. The normalized spacial score (nSPS) is 12.4. The SMILES string of the molecule is CNC(Cc1c(F)cccc1F)c1ccc(Br)cc1Br. The van der Waals surface area contributed by atoms with Crippen LogP contribution in [0, 0.1) is 11.6 Å². The van der Waals surface area contributed by atoms with Gasteiger partial charge in [0.05, 0.1) is 0 Å². The highest BCUT2D eigenvalue weighted by molar-refractivity contribution is 9.11. The second-order valence-corrected chi connectivity index (χ2v) is 6.18. The van der Waals surface area contributed by atoms with Crippen LogP contribution < -0.4 is 5.32 Å². The van der Waals surface area contributed by atoms with Crippen LogP contribution in [0.4, 0.5) is 8.78 Å². The number of nitrogens with one attached hydrogen (secondary N) is 1. The summed E-state index contributed by atoms with van der Waals surface area (Å²) in [5.74, 6) is -1.03. The Morgan fingerprint density at radius 1 is 1.10 bits per heavy atom. The van der Waals surface area contributed by atoms with Crippen LogP contribution in [0.1, 0.15) is 17.2 Å². The summed E-state index contributed by atoms with van der Waals surface area (Å²) in [6.45, 7) is 0. The lowest BCUT2D eigenvalue weighted by molar-refractivity contribution is 0.514. The third-order valence-corrected chi connectivity index (χ3v) is 4.34. The lowest BCUT2D eigenvalue weighted by atomic mass is 9.98. The zero-order valence-corrected chi connectivity index (χ0v) is 13.9. The van der Waals surface area contributed by atoms with Crippen molar-refractivity contribution in [2.24, 2.45) is 0 Å². The fourth-order valence-electron chi connectivity index (χ4n) is 2.08. The second kappa shape index (κ2) is 6.78. The fourth-order valence-corrected chi connectivity index (χ4v) is 3.41. The summed E-state index contributed by atoms with van der Waals surface area (Å²) in [7, 11) is 1.78. The van der Waals surface area contributed by atoms with E-state index in [0.717, 1.165) is 14.5 Å². The molecule has 5 heteroatoms. The van der Waals surface area contributed by atoms with E-state index in [0.29, 0.717) is 0 Å². The molecule has 106 valence electrons. The summed E-state index contributed by atoms with van der Waals surface area (Å²) < 4.78 is 29.3. The van der Waals surface area contributed by atoms with Gasteiger partial charge in [0, 0.05) is 20.6 Å². The fraction of sp³-hybridized carbons (Fsp3) is 0.200. The highest BCUT2D eigenvalue weighted by atomic mass is 79.9. The first-order valence-electron chi connectivity index (χ1n) is 6.08. The molecule has 2 aromatic carbocycles. The van der Waals surface area contributed by atoms with Crippen molar-refractivity contribution in [3.63, 3.8) is 0 Å². The molecule has 1 N–H and O–H groups in total. The first-order valence-corrected chi connectivity index (χ1v) is 7.66. The molecule has 0 fully saturated rings. The van der Waals surface area contributed by atoms with Crippen LogP contribution in [0.15, 0.2) is 45.3 Å². The minimum Gasteiger partial charge on any atom is -0.313 e. The molecule has 0 heterocycles. The van der Waals surface area contributed by atoms with Crippen LogP contribution in [0.5, 0.6) is 0 Å². The molecule has 2 rings (SSSR count). The molecule has 1 unspecified atom stereocenters. The number of likely N-dealkylation sites (N-methyl/N-ethyl adjacent to an activating group) is 1. The quantitative estimate of drug-likeness (QED) is 0.756. The van der Waals surface area contributed by atoms with Crippen LogP contribution in [-0.2, 0) is 6.42 Å². The third kappa shape index (κ3) is 3.45. The Labute approximate surface area is 133 Å². The van der Waals surface area contributed by atoms with E-state index in [9.17, 15) is 8.78 Å². The van der Waals surface area contributed by atoms with Gasteiger partial charge in [0.25, 0.3) is 0 Å². The Morgan fingerprint density at radius 2 is 1.75 bits per heavy atom. The maximum Gasteiger partial charge on any atom is 0.129 e. The largest absolute Gasteiger partial charge is 0.313 e. The Balaban J connectivity index is 2.34. The highest BCUT2D eigenvalue weighted by Gasteiger charge is 2.18. The van der Waals surface area contributed by atoms with Crippen molar-refractivity contribution in [3.8, 4) is 0 Å². The topological polar surface area (TPSA) is 12.0 Å². The molecule has 0 bridgehead atoms. The first kappa shape index (κ1) is 15.6. The molecule has 0 aliphatic carbocycles. The number of benzene rings is 2. The maximum atomic E-state index is 13.7. The predicted octanol–water partition coefficient (Wildman–Crippen LogP) is 4.99. The van der Waals surface area contributed by atoms with Crippen molar-refractivity contribution in [2.45, 2.75) is 12.5 Å². The number of rotatable bonds is 4. The van der Waals surface area contributed by atoms with E-state index >= 15 is 0 Å². The molecule has 1 atom stereocenters. The van der Waals surface area contributed by atoms with Gasteiger partial charge in [-0.1, -0.05) is 44.0 Å². The predicted molar refractivity (Wildman–Crippen MR) is 83.7 cm³/mol. The molecular weight excluding hydrogens is 392 g/mol. The van der Waals surface area contributed by atoms with Crippen LogP contribution in [0.2, 0.25) is 0 Å². The average Bonchev–Trinajstić information content (AvgIpc) is 2.40. The van der Waals surface area contributed by atoms with Gasteiger partial charge in [-0.15, -0.1) is 0 Å². The van der Waals surface area contributed by atoms with Crippen molar-refractivity contribution < 1.29 is 8.78 Å². The number of hydrogen-bond acceptors (Lipinski definition) is 1. The van der Waals surface area contributed by atoms with Crippen LogP contribution in [-0.4, -0.2) is 7.05 Å². The molecule has 20 heavy (non-hydrogen) atoms. The van der Waals surface area contributed by atoms with Gasteiger partial charge >= 0.3 is 0 Å². The Kier molecular flexibility index (Phi) is 5.29. The van der Waals surface area contributed by atoms with Gasteiger partial charge in [0.15, 0.2) is 0 Å². The maximum absolute atomic E-state index is 13.7. The lowest BCUT2D eigenvalue weighted by Crippen LogP contribution is -2.20. The Hall–Kier alpha value is -0.780. The van der Waals surface area contributed by atoms with E-state index in [4.69, 9.17) is 0 Å². The second-order valence-electron chi connectivity index (χ2n) is 4.41. The molecule has 1 nitrogen and oxygen atoms in total. The smallest absolute Gasteiger partial charge is 0.129 e. The molecule has 0 spiro atoms. The summed E-state index contributed by atoms with van der Waals surface area (Å²) in [5, 5.41) is 3.10. The molecule has 0 amide bonds. The zero-order valence-electron chi connectivity index (χ0n) is 10.8. The van der Waals surface area contributed by atoms with Gasteiger partial charge in [-0.2, -0.15) is 0 Å². The van der Waals surface area contributed by atoms with Gasteiger partial charge in [-0.05, 0) is 43.3 Å². The molecule has 0 aliphatic heterocycles. The van der Waals surface area contributed by atoms with Crippen molar-refractivity contribution in [2.75, 3.05) is 7.05 Å². The van der Waals surface area contributed by atoms with E-state index in [1.54, 1.807) is 7.05 Å². The van der Waals surface area contributed by atoms with Gasteiger partial charge in [0.1, 0.15) is 11.6 Å². The van der Waals surface area contributed by atoms with E-state index in [1.807, 2.05) is 18.2 Å². The molecule has 0 saturated carbocycles. The van der Waals surface area contributed by atoms with Crippen LogP contribution in [0.3, 0.4) is 0 Å². The molecule has 0 radical (unpaired) electrons. The monoisotopic (exact) mass is 403 g/mol. The average molecular weight is 405 g/mol. The van der Waals surface area contributed by atoms with Gasteiger partial charge in [0.2, 0.25) is 0 Å². The van der Waals surface area contributed by atoms with Crippen LogP contribution >= 0.6 is 31.9 Å².